The van der Waals surface area contributed by atoms with Crippen molar-refractivity contribution in [2.75, 3.05) is 6.61 Å². The Morgan fingerprint density at radius 1 is 1.33 bits per heavy atom. The highest BCUT2D eigenvalue weighted by Gasteiger charge is 2.43. The summed E-state index contributed by atoms with van der Waals surface area (Å²) in [6.07, 6.45) is 6.41. The first-order valence-electron chi connectivity index (χ1n) is 6.88. The van der Waals surface area contributed by atoms with E-state index in [0.29, 0.717) is 23.7 Å². The van der Waals surface area contributed by atoms with Crippen LogP contribution in [-0.2, 0) is 4.74 Å². The Morgan fingerprint density at radius 3 is 2.89 bits per heavy atom. The Morgan fingerprint density at radius 2 is 2.17 bits per heavy atom. The molecule has 0 radical (unpaired) electrons. The predicted molar refractivity (Wildman–Crippen MR) is 72.0 cm³/mol. The molecule has 0 saturated carbocycles. The lowest BCUT2D eigenvalue weighted by Crippen LogP contribution is -2.42. The van der Waals surface area contributed by atoms with Crippen LogP contribution >= 0.6 is 0 Å². The van der Waals surface area contributed by atoms with Crippen molar-refractivity contribution in [1.82, 2.24) is 4.98 Å². The Labute approximate surface area is 109 Å². The molecule has 3 rings (SSSR count). The summed E-state index contributed by atoms with van der Waals surface area (Å²) in [5.74, 6) is 2.53. The van der Waals surface area contributed by atoms with E-state index in [4.69, 9.17) is 4.74 Å². The largest absolute Gasteiger partial charge is 0.373 e. The third-order valence-electron chi connectivity index (χ3n) is 4.78. The van der Waals surface area contributed by atoms with Crippen LogP contribution in [0.5, 0.6) is 0 Å². The molecular formula is C16H21NO. The van der Waals surface area contributed by atoms with Crippen molar-refractivity contribution in [2.45, 2.75) is 26.9 Å². The number of ether oxygens (including phenoxy) is 1. The second-order valence-electron chi connectivity index (χ2n) is 5.86. The maximum atomic E-state index is 6.16. The maximum absolute atomic E-state index is 6.16. The van der Waals surface area contributed by atoms with E-state index in [-0.39, 0.29) is 6.10 Å². The van der Waals surface area contributed by atoms with Gasteiger partial charge in [-0.15, -0.1) is 0 Å². The number of pyridine rings is 1. The van der Waals surface area contributed by atoms with Gasteiger partial charge in [0.15, 0.2) is 0 Å². The standard InChI is InChI=1S/C16H21NO/c1-10-7-11(2)15-12(3)14(10)9-18-16(15)13-5-4-6-17-8-13/h4-8,10,12,14-16H,9H2,1-3H3/t10-,12-,14-,15-,16-/m1/s1. The fourth-order valence-corrected chi connectivity index (χ4v) is 3.79. The lowest BCUT2D eigenvalue weighted by atomic mass is 9.65. The molecule has 0 amide bonds. The van der Waals surface area contributed by atoms with Crippen molar-refractivity contribution in [3.63, 3.8) is 0 Å². The Bertz CT molecular complexity index is 453. The van der Waals surface area contributed by atoms with Gasteiger partial charge in [0.2, 0.25) is 0 Å². The van der Waals surface area contributed by atoms with Crippen molar-refractivity contribution in [2.24, 2.45) is 23.7 Å². The molecule has 0 unspecified atom stereocenters. The summed E-state index contributed by atoms with van der Waals surface area (Å²) in [7, 11) is 0. The fraction of sp³-hybridized carbons (Fsp3) is 0.562. The Balaban J connectivity index is 1.97. The van der Waals surface area contributed by atoms with E-state index >= 15 is 0 Å². The molecule has 0 spiro atoms. The topological polar surface area (TPSA) is 22.1 Å². The van der Waals surface area contributed by atoms with E-state index < -0.39 is 0 Å². The van der Waals surface area contributed by atoms with Gasteiger partial charge < -0.3 is 4.74 Å². The summed E-state index contributed by atoms with van der Waals surface area (Å²) < 4.78 is 6.16. The molecule has 2 heteroatoms. The van der Waals surface area contributed by atoms with Gasteiger partial charge in [-0.3, -0.25) is 4.98 Å². The van der Waals surface area contributed by atoms with Crippen molar-refractivity contribution < 1.29 is 4.74 Å². The molecule has 5 atom stereocenters. The van der Waals surface area contributed by atoms with Crippen LogP contribution < -0.4 is 0 Å². The van der Waals surface area contributed by atoms with Crippen LogP contribution in [0.15, 0.2) is 36.2 Å². The first kappa shape index (κ1) is 11.9. The summed E-state index contributed by atoms with van der Waals surface area (Å²) in [4.78, 5) is 4.23. The molecule has 2 nitrogen and oxygen atoms in total. The average molecular weight is 243 g/mol. The van der Waals surface area contributed by atoms with Gasteiger partial charge in [0.25, 0.3) is 0 Å². The molecule has 1 aliphatic carbocycles. The highest BCUT2D eigenvalue weighted by atomic mass is 16.5. The van der Waals surface area contributed by atoms with Gasteiger partial charge in [-0.05, 0) is 36.3 Å². The second kappa shape index (κ2) is 4.51. The van der Waals surface area contributed by atoms with E-state index in [1.807, 2.05) is 18.5 Å². The number of nitrogens with zero attached hydrogens (tertiary/aromatic N) is 1. The quantitative estimate of drug-likeness (QED) is 0.703. The molecule has 18 heavy (non-hydrogen) atoms. The molecule has 1 fully saturated rings. The molecule has 96 valence electrons. The van der Waals surface area contributed by atoms with Gasteiger partial charge in [0.1, 0.15) is 0 Å². The summed E-state index contributed by atoms with van der Waals surface area (Å²) >= 11 is 0. The minimum atomic E-state index is 0.189. The van der Waals surface area contributed by atoms with Crippen LogP contribution in [0.3, 0.4) is 0 Å². The zero-order chi connectivity index (χ0) is 12.7. The van der Waals surface area contributed by atoms with E-state index in [9.17, 15) is 0 Å². The van der Waals surface area contributed by atoms with Gasteiger partial charge in [-0.2, -0.15) is 0 Å². The number of fused-ring (bicyclic) bond motifs is 2. The molecule has 0 N–H and O–H groups in total. The highest BCUT2D eigenvalue weighted by Crippen LogP contribution is 2.49. The third-order valence-corrected chi connectivity index (χ3v) is 4.78. The van der Waals surface area contributed by atoms with E-state index in [0.717, 1.165) is 6.61 Å². The average Bonchev–Trinajstić information content (AvgIpc) is 2.37. The van der Waals surface area contributed by atoms with Gasteiger partial charge >= 0.3 is 0 Å². The summed E-state index contributed by atoms with van der Waals surface area (Å²) in [5.41, 5.74) is 2.70. The smallest absolute Gasteiger partial charge is 0.0907 e. The third kappa shape index (κ3) is 1.79. The summed E-state index contributed by atoms with van der Waals surface area (Å²) in [6.45, 7) is 7.83. The van der Waals surface area contributed by atoms with Crippen LogP contribution in [0.4, 0.5) is 0 Å². The van der Waals surface area contributed by atoms with Crippen molar-refractivity contribution in [3.8, 4) is 0 Å². The van der Waals surface area contributed by atoms with E-state index in [1.165, 1.54) is 11.1 Å². The van der Waals surface area contributed by atoms with Crippen molar-refractivity contribution in [1.29, 1.82) is 0 Å². The van der Waals surface area contributed by atoms with E-state index in [2.05, 4.69) is 37.9 Å². The first-order valence-corrected chi connectivity index (χ1v) is 6.88. The Hall–Kier alpha value is -1.15. The lowest BCUT2D eigenvalue weighted by Gasteiger charge is -2.47. The summed E-state index contributed by atoms with van der Waals surface area (Å²) in [5, 5.41) is 0. The van der Waals surface area contributed by atoms with Crippen LogP contribution in [0.1, 0.15) is 32.4 Å². The monoisotopic (exact) mass is 243 g/mol. The van der Waals surface area contributed by atoms with Crippen molar-refractivity contribution in [3.05, 3.63) is 41.7 Å². The van der Waals surface area contributed by atoms with Gasteiger partial charge in [-0.25, -0.2) is 0 Å². The molecule has 2 aliphatic rings. The fourth-order valence-electron chi connectivity index (χ4n) is 3.79. The van der Waals surface area contributed by atoms with Crippen LogP contribution in [0.25, 0.3) is 0 Å². The number of rotatable bonds is 1. The predicted octanol–water partition coefficient (Wildman–Crippen LogP) is 3.62. The molecule has 2 heterocycles. The van der Waals surface area contributed by atoms with Gasteiger partial charge in [0, 0.05) is 18.3 Å². The summed E-state index contributed by atoms with van der Waals surface area (Å²) in [6, 6.07) is 4.13. The zero-order valence-electron chi connectivity index (χ0n) is 11.3. The van der Waals surface area contributed by atoms with Crippen molar-refractivity contribution >= 4 is 0 Å². The number of hydrogen-bond donors (Lipinski definition) is 0. The minimum absolute atomic E-state index is 0.189. The highest BCUT2D eigenvalue weighted by molar-refractivity contribution is 5.23. The molecule has 1 saturated heterocycles. The molecule has 1 aliphatic heterocycles. The SMILES string of the molecule is CC1=C[C@@H](C)[C@H]2CO[C@H](c3cccnc3)[C@H]1[C@@H]2C. The molecule has 2 bridgehead atoms. The first-order chi connectivity index (χ1) is 8.68. The minimum Gasteiger partial charge on any atom is -0.373 e. The molecule has 1 aromatic heterocycles. The normalized spacial score (nSPS) is 39.3. The number of hydrogen-bond acceptors (Lipinski definition) is 2. The van der Waals surface area contributed by atoms with Crippen LogP contribution in [0.2, 0.25) is 0 Å². The van der Waals surface area contributed by atoms with Crippen LogP contribution in [0, 0.1) is 23.7 Å². The molecule has 0 aromatic carbocycles. The lowest BCUT2D eigenvalue weighted by molar-refractivity contribution is -0.0935. The van der Waals surface area contributed by atoms with E-state index in [1.54, 1.807) is 0 Å². The molecular weight excluding hydrogens is 222 g/mol. The number of allylic oxidation sites excluding steroid dienone is 1. The van der Waals surface area contributed by atoms with Crippen LogP contribution in [-0.4, -0.2) is 11.6 Å². The number of aromatic nitrogens is 1. The van der Waals surface area contributed by atoms with Gasteiger partial charge in [-0.1, -0.05) is 31.6 Å². The second-order valence-corrected chi connectivity index (χ2v) is 5.86. The zero-order valence-corrected chi connectivity index (χ0v) is 11.3. The maximum Gasteiger partial charge on any atom is 0.0907 e. The Kier molecular flexibility index (Phi) is 2.98. The molecule has 1 aromatic rings. The van der Waals surface area contributed by atoms with Gasteiger partial charge in [0.05, 0.1) is 12.7 Å².